The summed E-state index contributed by atoms with van der Waals surface area (Å²) >= 11 is 2.10. The van der Waals surface area contributed by atoms with Crippen LogP contribution >= 0.6 is 11.8 Å². The molecule has 8 heteroatoms. The minimum absolute atomic E-state index is 0.562. The number of hydrogen-bond acceptors (Lipinski definition) is 7. The van der Waals surface area contributed by atoms with Crippen molar-refractivity contribution in [1.29, 1.82) is 0 Å². The lowest BCUT2D eigenvalue weighted by molar-refractivity contribution is 0.513. The van der Waals surface area contributed by atoms with Crippen molar-refractivity contribution in [2.75, 3.05) is 18.8 Å². The highest BCUT2D eigenvalue weighted by atomic mass is 32.2. The van der Waals surface area contributed by atoms with Gasteiger partial charge in [-0.1, -0.05) is 38.3 Å². The van der Waals surface area contributed by atoms with Crippen LogP contribution in [0.3, 0.4) is 0 Å². The topological polar surface area (TPSA) is 78.8 Å². The van der Waals surface area contributed by atoms with E-state index in [0.717, 1.165) is 62.4 Å². The monoisotopic (exact) mass is 459 g/mol. The Labute approximate surface area is 197 Å². The van der Waals surface area contributed by atoms with Gasteiger partial charge in [0.2, 0.25) is 0 Å². The first-order valence-corrected chi connectivity index (χ1v) is 13.2. The zero-order valence-corrected chi connectivity index (χ0v) is 20.5. The van der Waals surface area contributed by atoms with Gasteiger partial charge in [-0.2, -0.15) is 11.8 Å². The van der Waals surface area contributed by atoms with Gasteiger partial charge in [0.15, 0.2) is 0 Å². The largest absolute Gasteiger partial charge is 0.389 e. The predicted octanol–water partition coefficient (Wildman–Crippen LogP) is 3.29. The number of nitrogens with zero attached hydrogens (tertiary/aromatic N) is 3. The van der Waals surface area contributed by atoms with Crippen LogP contribution < -0.4 is 21.3 Å². The molecule has 178 valence electrons. The summed E-state index contributed by atoms with van der Waals surface area (Å²) in [6.07, 6.45) is 11.1. The average molecular weight is 460 g/mol. The van der Waals surface area contributed by atoms with Crippen LogP contribution in [0.5, 0.6) is 0 Å². The van der Waals surface area contributed by atoms with Crippen molar-refractivity contribution in [3.63, 3.8) is 0 Å². The third kappa shape index (κ3) is 7.80. The van der Waals surface area contributed by atoms with Gasteiger partial charge in [0.25, 0.3) is 0 Å². The predicted molar refractivity (Wildman–Crippen MR) is 135 cm³/mol. The molecule has 0 radical (unpaired) electrons. The highest BCUT2D eigenvalue weighted by Crippen LogP contribution is 2.34. The molecule has 2 saturated heterocycles. The maximum atomic E-state index is 4.28. The van der Waals surface area contributed by atoms with Crippen molar-refractivity contribution >= 4 is 11.8 Å². The number of unbranched alkanes of at least 4 members (excludes halogenated alkanes) is 2. The number of aryl methyl sites for hydroxylation is 1. The minimum atomic E-state index is 0.562. The highest BCUT2D eigenvalue weighted by molar-refractivity contribution is 8.00. The molecule has 0 aromatic carbocycles. The molecule has 3 rings (SSSR count). The van der Waals surface area contributed by atoms with Gasteiger partial charge in [0.1, 0.15) is 0 Å². The molecule has 7 nitrogen and oxygen atoms in total. The average Bonchev–Trinajstić information content (AvgIpc) is 3.46. The summed E-state index contributed by atoms with van der Waals surface area (Å²) in [5, 5.41) is 22.9. The zero-order chi connectivity index (χ0) is 22.8. The Kier molecular flexibility index (Phi) is 9.84. The molecular formula is C24H41N7S. The molecular weight excluding hydrogens is 418 g/mol. The first-order valence-electron chi connectivity index (χ1n) is 12.1. The molecule has 3 unspecified atom stereocenters. The highest BCUT2D eigenvalue weighted by Gasteiger charge is 2.40. The smallest absolute Gasteiger partial charge is 0.0918 e. The van der Waals surface area contributed by atoms with Crippen molar-refractivity contribution in [3.8, 4) is 0 Å². The van der Waals surface area contributed by atoms with Crippen molar-refractivity contribution in [3.05, 3.63) is 48.8 Å². The molecule has 2 fully saturated rings. The van der Waals surface area contributed by atoms with E-state index in [1.54, 1.807) is 0 Å². The van der Waals surface area contributed by atoms with E-state index in [1.807, 2.05) is 10.9 Å². The van der Waals surface area contributed by atoms with E-state index in [-0.39, 0.29) is 0 Å². The van der Waals surface area contributed by atoms with Crippen molar-refractivity contribution in [2.45, 2.75) is 82.2 Å². The summed E-state index contributed by atoms with van der Waals surface area (Å²) in [4.78, 5) is 0. The molecule has 3 atom stereocenters. The summed E-state index contributed by atoms with van der Waals surface area (Å²) in [5.41, 5.74) is 3.20. The molecule has 0 spiro atoms. The second-order valence-electron chi connectivity index (χ2n) is 8.94. The molecule has 0 saturated carbocycles. The Bertz CT molecular complexity index is 759. The Morgan fingerprint density at radius 1 is 1.16 bits per heavy atom. The number of allylic oxidation sites excluding steroid dienone is 2. The van der Waals surface area contributed by atoms with Crippen molar-refractivity contribution in [2.24, 2.45) is 0 Å². The van der Waals surface area contributed by atoms with Gasteiger partial charge in [-0.25, -0.2) is 4.68 Å². The van der Waals surface area contributed by atoms with Crippen LogP contribution in [-0.2, 0) is 13.0 Å². The lowest BCUT2D eigenvalue weighted by Gasteiger charge is -2.17. The standard InChI is InChI=1S/C24H41N7S/c1-5-13-25-19(3)15-31-16-21(29-30-31)11-8-9-14-26-18(2)10-6-7-12-23-24-22(17-32-23)27-20(4)28-24/h16,22-28H,2-15,17H2,1H3. The second-order valence-corrected chi connectivity index (χ2v) is 10.2. The number of rotatable bonds is 16. The summed E-state index contributed by atoms with van der Waals surface area (Å²) in [6, 6.07) is 1.13. The molecule has 32 heavy (non-hydrogen) atoms. The van der Waals surface area contributed by atoms with Crippen LogP contribution in [0.4, 0.5) is 0 Å². The number of thioether (sulfide) groups is 1. The minimum Gasteiger partial charge on any atom is -0.389 e. The number of nitrogens with one attached hydrogen (secondary N) is 4. The molecule has 0 amide bonds. The molecule has 1 aromatic heterocycles. The van der Waals surface area contributed by atoms with E-state index in [0.29, 0.717) is 23.9 Å². The maximum absolute atomic E-state index is 4.28. The SMILES string of the molecule is C=C(CCCCC1SCC2NC(=C)NC21)NCCCCc1cn(CC(=C)NCCC)nn1. The molecule has 2 aliphatic heterocycles. The van der Waals surface area contributed by atoms with Gasteiger partial charge in [-0.15, -0.1) is 5.10 Å². The van der Waals surface area contributed by atoms with E-state index in [1.165, 1.54) is 30.7 Å². The van der Waals surface area contributed by atoms with E-state index in [9.17, 15) is 0 Å². The second kappa shape index (κ2) is 12.8. The van der Waals surface area contributed by atoms with E-state index in [4.69, 9.17) is 0 Å². The van der Waals surface area contributed by atoms with Gasteiger partial charge >= 0.3 is 0 Å². The van der Waals surface area contributed by atoms with Gasteiger partial charge in [-0.3, -0.25) is 0 Å². The van der Waals surface area contributed by atoms with Crippen molar-refractivity contribution < 1.29 is 0 Å². The molecule has 2 aliphatic rings. The lowest BCUT2D eigenvalue weighted by atomic mass is 10.0. The summed E-state index contributed by atoms with van der Waals surface area (Å²) < 4.78 is 1.86. The third-order valence-electron chi connectivity index (χ3n) is 6.04. The van der Waals surface area contributed by atoms with Crippen molar-refractivity contribution in [1.82, 2.24) is 36.3 Å². The molecule has 4 N–H and O–H groups in total. The Hall–Kier alpha value is -2.09. The zero-order valence-electron chi connectivity index (χ0n) is 19.7. The van der Waals surface area contributed by atoms with Crippen LogP contribution in [0.2, 0.25) is 0 Å². The van der Waals surface area contributed by atoms with E-state index < -0.39 is 0 Å². The van der Waals surface area contributed by atoms with Gasteiger partial charge < -0.3 is 21.3 Å². The summed E-state index contributed by atoms with van der Waals surface area (Å²) in [6.45, 7) is 17.0. The quantitative estimate of drug-likeness (QED) is 0.283. The molecule has 3 heterocycles. The summed E-state index contributed by atoms with van der Waals surface area (Å²) in [7, 11) is 0. The molecule has 0 aliphatic carbocycles. The van der Waals surface area contributed by atoms with E-state index >= 15 is 0 Å². The van der Waals surface area contributed by atoms with Crippen LogP contribution in [0.25, 0.3) is 0 Å². The van der Waals surface area contributed by atoms with Crippen LogP contribution in [0, 0.1) is 0 Å². The van der Waals surface area contributed by atoms with Gasteiger partial charge in [-0.05, 0) is 44.9 Å². The molecule has 0 bridgehead atoms. The first kappa shape index (κ1) is 24.6. The fourth-order valence-corrected chi connectivity index (χ4v) is 5.84. The van der Waals surface area contributed by atoms with Gasteiger partial charge in [0.05, 0.1) is 30.1 Å². The normalized spacial score (nSPS) is 21.7. The Morgan fingerprint density at radius 2 is 2.00 bits per heavy atom. The Balaban J connectivity index is 1.18. The third-order valence-corrected chi connectivity index (χ3v) is 7.55. The van der Waals surface area contributed by atoms with Crippen LogP contribution in [0.1, 0.15) is 57.6 Å². The number of aromatic nitrogens is 3. The fraction of sp³-hybridized carbons (Fsp3) is 0.667. The fourth-order valence-electron chi connectivity index (χ4n) is 4.30. The lowest BCUT2D eigenvalue weighted by Crippen LogP contribution is -2.36. The first-order chi connectivity index (χ1) is 15.5. The van der Waals surface area contributed by atoms with E-state index in [2.05, 4.69) is 70.0 Å². The Morgan fingerprint density at radius 3 is 2.84 bits per heavy atom. The maximum Gasteiger partial charge on any atom is 0.0918 e. The van der Waals surface area contributed by atoms with Crippen LogP contribution in [0.15, 0.2) is 43.1 Å². The number of hydrogen-bond donors (Lipinski definition) is 4. The number of fused-ring (bicyclic) bond motifs is 1. The van der Waals surface area contributed by atoms with Gasteiger partial charge in [0, 0.05) is 41.7 Å². The summed E-state index contributed by atoms with van der Waals surface area (Å²) in [5.74, 6) is 2.19. The van der Waals surface area contributed by atoms with Crippen LogP contribution in [-0.4, -0.2) is 51.2 Å². The molecule has 1 aromatic rings.